The van der Waals surface area contributed by atoms with E-state index in [4.69, 9.17) is 14.2 Å². The highest BCUT2D eigenvalue weighted by Crippen LogP contribution is 2.42. The fourth-order valence-corrected chi connectivity index (χ4v) is 5.84. The number of amides is 1. The summed E-state index contributed by atoms with van der Waals surface area (Å²) < 4.78 is 31.6. The lowest BCUT2D eigenvalue weighted by Gasteiger charge is -2.36. The molecule has 5 rings (SSSR count). The van der Waals surface area contributed by atoms with Crippen LogP contribution < -0.4 is 4.74 Å². The van der Waals surface area contributed by atoms with Crippen molar-refractivity contribution >= 4 is 22.8 Å². The molecule has 0 aliphatic carbocycles. The third kappa shape index (κ3) is 6.66. The van der Waals surface area contributed by atoms with Crippen LogP contribution in [0, 0.1) is 5.82 Å². The largest absolute Gasteiger partial charge is 0.490 e. The average molecular weight is 584 g/mol. The molecule has 4 aromatic carbocycles. The monoisotopic (exact) mass is 583 g/mol. The molecule has 0 fully saturated rings. The smallest absolute Gasteiger partial charge is 0.410 e. The highest BCUT2D eigenvalue weighted by Gasteiger charge is 2.33. The van der Waals surface area contributed by atoms with Crippen molar-refractivity contribution in [3.8, 4) is 5.75 Å². The van der Waals surface area contributed by atoms with Gasteiger partial charge in [-0.15, -0.1) is 0 Å². The van der Waals surface area contributed by atoms with Crippen LogP contribution in [-0.4, -0.2) is 42.3 Å². The molecule has 1 aliphatic rings. The molecule has 0 radical (unpaired) electrons. The van der Waals surface area contributed by atoms with Gasteiger partial charge in [-0.25, -0.2) is 14.0 Å². The number of rotatable bonds is 7. The second-order valence-corrected chi connectivity index (χ2v) is 12.0. The van der Waals surface area contributed by atoms with Crippen LogP contribution >= 0.6 is 0 Å². The molecule has 43 heavy (non-hydrogen) atoms. The van der Waals surface area contributed by atoms with Gasteiger partial charge in [-0.2, -0.15) is 0 Å². The average Bonchev–Trinajstić information content (AvgIpc) is 2.99. The van der Waals surface area contributed by atoms with E-state index >= 15 is 0 Å². The summed E-state index contributed by atoms with van der Waals surface area (Å²) in [6, 6.07) is 26.4. The van der Waals surface area contributed by atoms with E-state index in [2.05, 4.69) is 24.3 Å². The van der Waals surface area contributed by atoms with Crippen LogP contribution in [0.1, 0.15) is 79.5 Å². The maximum atomic E-state index is 14.5. The van der Waals surface area contributed by atoms with E-state index in [0.717, 1.165) is 33.2 Å². The number of hydrogen-bond donors (Lipinski definition) is 0. The van der Waals surface area contributed by atoms with Crippen molar-refractivity contribution in [2.24, 2.45) is 0 Å². The summed E-state index contributed by atoms with van der Waals surface area (Å²) in [7, 11) is 1.24. The Morgan fingerprint density at radius 1 is 1.00 bits per heavy atom. The first-order valence-corrected chi connectivity index (χ1v) is 14.7. The molecule has 1 amide bonds. The molecule has 3 atom stereocenters. The number of fused-ring (bicyclic) bond motifs is 2. The molecule has 4 aromatic rings. The fourth-order valence-electron chi connectivity index (χ4n) is 5.84. The zero-order chi connectivity index (χ0) is 30.7. The Hall–Kier alpha value is -4.39. The normalized spacial score (nSPS) is 17.0. The van der Waals surface area contributed by atoms with E-state index in [9.17, 15) is 14.0 Å². The summed E-state index contributed by atoms with van der Waals surface area (Å²) in [6.07, 6.45) is 0.510. The zero-order valence-electron chi connectivity index (χ0n) is 25.3. The van der Waals surface area contributed by atoms with E-state index in [1.165, 1.54) is 13.2 Å². The van der Waals surface area contributed by atoms with Crippen molar-refractivity contribution in [2.45, 2.75) is 64.2 Å². The summed E-state index contributed by atoms with van der Waals surface area (Å²) in [4.78, 5) is 27.6. The van der Waals surface area contributed by atoms with Crippen molar-refractivity contribution in [1.29, 1.82) is 0 Å². The lowest BCUT2D eigenvalue weighted by Crippen LogP contribution is -2.41. The number of methoxy groups -OCH3 is 1. The maximum absolute atomic E-state index is 14.5. The third-order valence-corrected chi connectivity index (χ3v) is 7.95. The van der Waals surface area contributed by atoms with Crippen LogP contribution in [0.5, 0.6) is 5.75 Å². The van der Waals surface area contributed by atoms with Gasteiger partial charge in [0.15, 0.2) is 0 Å². The summed E-state index contributed by atoms with van der Waals surface area (Å²) in [5.74, 6) is -0.738. The molecule has 7 heteroatoms. The second-order valence-electron chi connectivity index (χ2n) is 12.0. The standard InChI is InChI=1S/C36H38FNO5/c1-23(27-15-10-12-24-11-6-7-13-28(24)27)38(35(40)43-36(2,3)4)20-19-26-22-30(29-14-8-9-16-33(29)42-26)25-17-18-32(37)31(21-25)34(39)41-5/h6-18,21,23,26,30H,19-20,22H2,1-5H3. The Balaban J connectivity index is 1.43. The summed E-state index contributed by atoms with van der Waals surface area (Å²) in [5, 5.41) is 2.20. The zero-order valence-corrected chi connectivity index (χ0v) is 25.3. The minimum atomic E-state index is -0.716. The van der Waals surface area contributed by atoms with Crippen molar-refractivity contribution in [2.75, 3.05) is 13.7 Å². The number of nitrogens with zero attached hydrogens (tertiary/aromatic N) is 1. The quantitative estimate of drug-likeness (QED) is 0.204. The number of benzene rings is 4. The highest BCUT2D eigenvalue weighted by molar-refractivity contribution is 5.90. The first kappa shape index (κ1) is 30.1. The summed E-state index contributed by atoms with van der Waals surface area (Å²) in [5.41, 5.74) is 2.06. The minimum absolute atomic E-state index is 0.0967. The van der Waals surface area contributed by atoms with Gasteiger partial charge in [0.05, 0.1) is 18.7 Å². The van der Waals surface area contributed by atoms with E-state index < -0.39 is 17.4 Å². The van der Waals surface area contributed by atoms with Gasteiger partial charge >= 0.3 is 12.1 Å². The van der Waals surface area contributed by atoms with Crippen LogP contribution in [-0.2, 0) is 9.47 Å². The number of carbonyl (C=O) groups excluding carboxylic acids is 2. The van der Waals surface area contributed by atoms with Gasteiger partial charge in [0.2, 0.25) is 0 Å². The van der Waals surface area contributed by atoms with Crippen LogP contribution in [0.4, 0.5) is 9.18 Å². The Morgan fingerprint density at radius 3 is 2.49 bits per heavy atom. The number of hydrogen-bond acceptors (Lipinski definition) is 5. The topological polar surface area (TPSA) is 65.1 Å². The SMILES string of the molecule is COC(=O)c1cc(C2CC(CCN(C(=O)OC(C)(C)C)C(C)c3cccc4ccccc34)Oc3ccccc32)ccc1F. The van der Waals surface area contributed by atoms with E-state index in [0.29, 0.717) is 19.4 Å². The number of halogens is 1. The highest BCUT2D eigenvalue weighted by atomic mass is 19.1. The molecule has 0 saturated carbocycles. The minimum Gasteiger partial charge on any atom is -0.490 e. The van der Waals surface area contributed by atoms with Crippen LogP contribution in [0.15, 0.2) is 84.9 Å². The molecular formula is C36H38FNO5. The van der Waals surface area contributed by atoms with Crippen molar-refractivity contribution in [1.82, 2.24) is 4.90 Å². The predicted molar refractivity (Wildman–Crippen MR) is 165 cm³/mol. The molecule has 0 N–H and O–H groups in total. The Bertz CT molecular complexity index is 1620. The van der Waals surface area contributed by atoms with Gasteiger partial charge in [-0.05, 0) is 74.2 Å². The molecule has 0 saturated heterocycles. The van der Waals surface area contributed by atoms with Gasteiger partial charge in [-0.1, -0.05) is 66.7 Å². The van der Waals surface area contributed by atoms with Crippen molar-refractivity contribution in [3.63, 3.8) is 0 Å². The number of esters is 1. The third-order valence-electron chi connectivity index (χ3n) is 7.95. The molecule has 0 spiro atoms. The maximum Gasteiger partial charge on any atom is 0.410 e. The van der Waals surface area contributed by atoms with Crippen LogP contribution in [0.25, 0.3) is 10.8 Å². The fraction of sp³-hybridized carbons (Fsp3) is 0.333. The van der Waals surface area contributed by atoms with E-state index in [1.54, 1.807) is 17.0 Å². The van der Waals surface area contributed by atoms with Crippen LogP contribution in [0.2, 0.25) is 0 Å². The summed E-state index contributed by atoms with van der Waals surface area (Å²) in [6.45, 7) is 8.02. The lowest BCUT2D eigenvalue weighted by atomic mass is 9.83. The molecule has 6 nitrogen and oxygen atoms in total. The number of carbonyl (C=O) groups is 2. The molecule has 0 bridgehead atoms. The Kier molecular flexibility index (Phi) is 8.71. The number of para-hydroxylation sites is 1. The van der Waals surface area contributed by atoms with Gasteiger partial charge in [0, 0.05) is 24.4 Å². The molecule has 1 aliphatic heterocycles. The molecule has 3 unspecified atom stereocenters. The molecular weight excluding hydrogens is 545 g/mol. The molecule has 0 aromatic heterocycles. The van der Waals surface area contributed by atoms with Crippen molar-refractivity contribution in [3.05, 3.63) is 113 Å². The Morgan fingerprint density at radius 2 is 1.72 bits per heavy atom. The van der Waals surface area contributed by atoms with E-state index in [1.807, 2.05) is 70.2 Å². The molecule has 1 heterocycles. The van der Waals surface area contributed by atoms with Crippen molar-refractivity contribution < 1.29 is 28.2 Å². The lowest BCUT2D eigenvalue weighted by molar-refractivity contribution is 0.0141. The van der Waals surface area contributed by atoms with Gasteiger partial charge in [-0.3, -0.25) is 0 Å². The van der Waals surface area contributed by atoms with E-state index in [-0.39, 0.29) is 29.7 Å². The first-order chi connectivity index (χ1) is 20.6. The number of ether oxygens (including phenoxy) is 3. The predicted octanol–water partition coefficient (Wildman–Crippen LogP) is 8.44. The second kappa shape index (κ2) is 12.5. The van der Waals surface area contributed by atoms with Gasteiger partial charge in [0.1, 0.15) is 23.3 Å². The first-order valence-electron chi connectivity index (χ1n) is 14.7. The summed E-state index contributed by atoms with van der Waals surface area (Å²) >= 11 is 0. The Labute approximate surface area is 252 Å². The van der Waals surface area contributed by atoms with Gasteiger partial charge in [0.25, 0.3) is 0 Å². The van der Waals surface area contributed by atoms with Gasteiger partial charge < -0.3 is 19.1 Å². The van der Waals surface area contributed by atoms with Crippen LogP contribution in [0.3, 0.4) is 0 Å². The molecule has 224 valence electrons.